The predicted molar refractivity (Wildman–Crippen MR) is 82.9 cm³/mol. The number of amides is 1. The van der Waals surface area contributed by atoms with Crippen LogP contribution in [0.5, 0.6) is 0 Å². The van der Waals surface area contributed by atoms with Crippen LogP contribution >= 0.6 is 0 Å². The number of fused-ring (bicyclic) bond motifs is 1. The van der Waals surface area contributed by atoms with E-state index in [2.05, 4.69) is 34.5 Å². The molecule has 0 saturated carbocycles. The van der Waals surface area contributed by atoms with E-state index in [1.165, 1.54) is 17.7 Å². The third-order valence-corrected chi connectivity index (χ3v) is 4.20. The molecule has 110 valence electrons. The van der Waals surface area contributed by atoms with E-state index < -0.39 is 5.54 Å². The standard InChI is InChI=1S/C16H25N3O/c1-3-18-16(2,15(17)20)10-12-19-11-6-8-13-7-4-5-9-14(13)19/h4-5,7,9,18H,3,6,8,10-12H2,1-2H3,(H2,17,20). The molecule has 3 N–H and O–H groups in total. The number of carbonyl (C=O) groups is 1. The van der Waals surface area contributed by atoms with Crippen molar-refractivity contribution >= 4 is 11.6 Å². The summed E-state index contributed by atoms with van der Waals surface area (Å²) in [5.74, 6) is -0.273. The molecule has 0 radical (unpaired) electrons. The first kappa shape index (κ1) is 14.9. The van der Waals surface area contributed by atoms with Crippen molar-refractivity contribution in [3.8, 4) is 0 Å². The van der Waals surface area contributed by atoms with E-state index in [-0.39, 0.29) is 5.91 Å². The number of anilines is 1. The fraction of sp³-hybridized carbons (Fsp3) is 0.562. The number of nitrogens with zero attached hydrogens (tertiary/aromatic N) is 1. The molecule has 1 atom stereocenters. The second-order valence-corrected chi connectivity index (χ2v) is 5.70. The normalized spacial score (nSPS) is 17.4. The van der Waals surface area contributed by atoms with E-state index in [1.54, 1.807) is 0 Å². The van der Waals surface area contributed by atoms with E-state index in [0.29, 0.717) is 0 Å². The van der Waals surface area contributed by atoms with E-state index in [9.17, 15) is 4.79 Å². The highest BCUT2D eigenvalue weighted by Crippen LogP contribution is 2.27. The Bertz CT molecular complexity index is 475. The molecule has 4 heteroatoms. The molecule has 0 saturated heterocycles. The maximum Gasteiger partial charge on any atom is 0.237 e. The summed E-state index contributed by atoms with van der Waals surface area (Å²) in [6.45, 7) is 6.55. The minimum Gasteiger partial charge on any atom is -0.371 e. The first-order valence-electron chi connectivity index (χ1n) is 7.44. The van der Waals surface area contributed by atoms with Crippen molar-refractivity contribution in [3.05, 3.63) is 29.8 Å². The molecule has 0 fully saturated rings. The quantitative estimate of drug-likeness (QED) is 0.830. The van der Waals surface area contributed by atoms with Gasteiger partial charge in [0.25, 0.3) is 0 Å². The highest BCUT2D eigenvalue weighted by molar-refractivity contribution is 5.84. The van der Waals surface area contributed by atoms with Crippen LogP contribution in [-0.4, -0.2) is 31.1 Å². The van der Waals surface area contributed by atoms with E-state index in [1.807, 2.05) is 13.8 Å². The number of hydrogen-bond acceptors (Lipinski definition) is 3. The molecule has 0 bridgehead atoms. The Balaban J connectivity index is 2.06. The number of likely N-dealkylation sites (N-methyl/N-ethyl adjacent to an activating group) is 1. The molecule has 0 aliphatic carbocycles. The summed E-state index contributed by atoms with van der Waals surface area (Å²) >= 11 is 0. The van der Waals surface area contributed by atoms with Crippen LogP contribution in [-0.2, 0) is 11.2 Å². The molecule has 1 unspecified atom stereocenters. The van der Waals surface area contributed by atoms with Gasteiger partial charge in [-0.05, 0) is 44.4 Å². The number of hydrogen-bond donors (Lipinski definition) is 2. The van der Waals surface area contributed by atoms with Gasteiger partial charge in [0.15, 0.2) is 0 Å². The molecule has 0 aromatic heterocycles. The van der Waals surface area contributed by atoms with Crippen LogP contribution in [0.2, 0.25) is 0 Å². The monoisotopic (exact) mass is 275 g/mol. The van der Waals surface area contributed by atoms with Crippen LogP contribution in [0.4, 0.5) is 5.69 Å². The summed E-state index contributed by atoms with van der Waals surface area (Å²) in [6.07, 6.45) is 3.04. The van der Waals surface area contributed by atoms with Crippen molar-refractivity contribution < 1.29 is 4.79 Å². The Morgan fingerprint density at radius 2 is 2.20 bits per heavy atom. The van der Waals surface area contributed by atoms with E-state index in [0.717, 1.165) is 32.5 Å². The lowest BCUT2D eigenvalue weighted by molar-refractivity contribution is -0.124. The number of nitrogens with two attached hydrogens (primary N) is 1. The van der Waals surface area contributed by atoms with Crippen LogP contribution in [0.3, 0.4) is 0 Å². The molecule has 4 nitrogen and oxygen atoms in total. The fourth-order valence-corrected chi connectivity index (χ4v) is 2.89. The van der Waals surface area contributed by atoms with Gasteiger partial charge in [-0.25, -0.2) is 0 Å². The van der Waals surface area contributed by atoms with Crippen LogP contribution in [0.15, 0.2) is 24.3 Å². The van der Waals surface area contributed by atoms with Crippen LogP contribution < -0.4 is 16.0 Å². The van der Waals surface area contributed by atoms with Crippen molar-refractivity contribution in [2.24, 2.45) is 5.73 Å². The summed E-state index contributed by atoms with van der Waals surface area (Å²) in [5.41, 5.74) is 7.64. The second kappa shape index (κ2) is 6.27. The van der Waals surface area contributed by atoms with E-state index in [4.69, 9.17) is 5.73 Å². The fourth-order valence-electron chi connectivity index (χ4n) is 2.89. The van der Waals surface area contributed by atoms with Gasteiger partial charge in [-0.3, -0.25) is 4.79 Å². The summed E-state index contributed by atoms with van der Waals surface area (Å²) < 4.78 is 0. The Hall–Kier alpha value is -1.55. The molecule has 0 spiro atoms. The summed E-state index contributed by atoms with van der Waals surface area (Å²) in [4.78, 5) is 14.0. The highest BCUT2D eigenvalue weighted by Gasteiger charge is 2.30. The molecule has 1 aromatic rings. The van der Waals surface area contributed by atoms with Crippen LogP contribution in [0, 0.1) is 0 Å². The van der Waals surface area contributed by atoms with Gasteiger partial charge < -0.3 is 16.0 Å². The zero-order valence-electron chi connectivity index (χ0n) is 12.5. The number of nitrogens with one attached hydrogen (secondary N) is 1. The third-order valence-electron chi connectivity index (χ3n) is 4.20. The van der Waals surface area contributed by atoms with Gasteiger partial charge in [-0.1, -0.05) is 25.1 Å². The van der Waals surface area contributed by atoms with Gasteiger partial charge >= 0.3 is 0 Å². The van der Waals surface area contributed by atoms with Crippen LogP contribution in [0.25, 0.3) is 0 Å². The Morgan fingerprint density at radius 1 is 1.45 bits per heavy atom. The summed E-state index contributed by atoms with van der Waals surface area (Å²) in [5, 5.41) is 3.22. The lowest BCUT2D eigenvalue weighted by Crippen LogP contribution is -2.54. The van der Waals surface area contributed by atoms with Gasteiger partial charge in [-0.2, -0.15) is 0 Å². The molecule has 20 heavy (non-hydrogen) atoms. The summed E-state index contributed by atoms with van der Waals surface area (Å²) in [7, 11) is 0. The minimum absolute atomic E-state index is 0.273. The lowest BCUT2D eigenvalue weighted by atomic mass is 9.95. The van der Waals surface area contributed by atoms with Crippen molar-refractivity contribution in [1.82, 2.24) is 5.32 Å². The SMILES string of the molecule is CCNC(C)(CCN1CCCc2ccccc21)C(N)=O. The minimum atomic E-state index is -0.624. The molecule has 1 amide bonds. The third kappa shape index (κ3) is 3.12. The molecule has 2 rings (SSSR count). The molecular weight excluding hydrogens is 250 g/mol. The first-order chi connectivity index (χ1) is 9.57. The van der Waals surface area contributed by atoms with Gasteiger partial charge in [0.05, 0.1) is 5.54 Å². The lowest BCUT2D eigenvalue weighted by Gasteiger charge is -2.35. The maximum absolute atomic E-state index is 11.7. The van der Waals surface area contributed by atoms with Crippen molar-refractivity contribution in [3.63, 3.8) is 0 Å². The predicted octanol–water partition coefficient (Wildman–Crippen LogP) is 1.68. The number of primary amides is 1. The molecule has 1 aromatic carbocycles. The molecular formula is C16H25N3O. The number of benzene rings is 1. The maximum atomic E-state index is 11.7. The largest absolute Gasteiger partial charge is 0.371 e. The number of para-hydroxylation sites is 1. The Labute approximate surface area is 121 Å². The smallest absolute Gasteiger partial charge is 0.237 e. The van der Waals surface area contributed by atoms with Gasteiger partial charge in [0, 0.05) is 18.8 Å². The van der Waals surface area contributed by atoms with Crippen LogP contribution in [0.1, 0.15) is 32.3 Å². The molecule has 1 heterocycles. The average molecular weight is 275 g/mol. The highest BCUT2D eigenvalue weighted by atomic mass is 16.1. The Kier molecular flexibility index (Phi) is 4.65. The van der Waals surface area contributed by atoms with Gasteiger partial charge in [0.1, 0.15) is 0 Å². The average Bonchev–Trinajstić information content (AvgIpc) is 2.45. The van der Waals surface area contributed by atoms with Gasteiger partial charge in [0.2, 0.25) is 5.91 Å². The Morgan fingerprint density at radius 3 is 2.90 bits per heavy atom. The molecule has 1 aliphatic rings. The number of aryl methyl sites for hydroxylation is 1. The number of rotatable bonds is 6. The first-order valence-corrected chi connectivity index (χ1v) is 7.44. The topological polar surface area (TPSA) is 58.4 Å². The van der Waals surface area contributed by atoms with Crippen molar-refractivity contribution in [2.45, 2.75) is 38.6 Å². The molecule has 1 aliphatic heterocycles. The second-order valence-electron chi connectivity index (χ2n) is 5.70. The van der Waals surface area contributed by atoms with E-state index >= 15 is 0 Å². The number of carbonyl (C=O) groups excluding carboxylic acids is 1. The van der Waals surface area contributed by atoms with Crippen molar-refractivity contribution in [1.29, 1.82) is 0 Å². The summed E-state index contributed by atoms with van der Waals surface area (Å²) in [6, 6.07) is 8.53. The zero-order chi connectivity index (χ0) is 14.6. The van der Waals surface area contributed by atoms with Crippen molar-refractivity contribution in [2.75, 3.05) is 24.5 Å². The zero-order valence-corrected chi connectivity index (χ0v) is 12.5. The van der Waals surface area contributed by atoms with Gasteiger partial charge in [-0.15, -0.1) is 0 Å².